The largest absolute Gasteiger partial charge is 0.385 e. The van der Waals surface area contributed by atoms with Crippen molar-refractivity contribution < 1.29 is 14.3 Å². The smallest absolute Gasteiger partial charge is 0.251 e. The number of ether oxygens (including phenoxy) is 1. The van der Waals surface area contributed by atoms with E-state index in [9.17, 15) is 9.59 Å². The monoisotopic (exact) mass is 332 g/mol. The highest BCUT2D eigenvalue weighted by molar-refractivity contribution is 5.94. The van der Waals surface area contributed by atoms with Gasteiger partial charge in [-0.15, -0.1) is 0 Å². The Labute approximate surface area is 144 Å². The molecule has 0 bridgehead atoms. The van der Waals surface area contributed by atoms with Crippen LogP contribution in [0, 0.1) is 5.92 Å². The Morgan fingerprint density at radius 2 is 1.79 bits per heavy atom. The number of hydrogen-bond acceptors (Lipinski definition) is 3. The van der Waals surface area contributed by atoms with E-state index in [0.29, 0.717) is 25.3 Å². The highest BCUT2D eigenvalue weighted by Crippen LogP contribution is 2.23. The van der Waals surface area contributed by atoms with Crippen molar-refractivity contribution in [1.82, 2.24) is 10.6 Å². The Bertz CT molecular complexity index is 522. The molecule has 0 atom stereocenters. The zero-order valence-corrected chi connectivity index (χ0v) is 14.5. The van der Waals surface area contributed by atoms with Crippen molar-refractivity contribution in [3.63, 3.8) is 0 Å². The summed E-state index contributed by atoms with van der Waals surface area (Å²) in [7, 11) is 1.65. The quantitative estimate of drug-likeness (QED) is 0.719. The third kappa shape index (κ3) is 5.96. The van der Waals surface area contributed by atoms with Crippen LogP contribution in [0.5, 0.6) is 0 Å². The van der Waals surface area contributed by atoms with Gasteiger partial charge in [-0.2, -0.15) is 0 Å². The average Bonchev–Trinajstić information content (AvgIpc) is 2.64. The molecule has 1 aromatic rings. The fourth-order valence-electron chi connectivity index (χ4n) is 2.99. The zero-order chi connectivity index (χ0) is 17.2. The molecule has 132 valence electrons. The van der Waals surface area contributed by atoms with E-state index in [2.05, 4.69) is 10.6 Å². The first-order chi connectivity index (χ1) is 11.7. The van der Waals surface area contributed by atoms with Gasteiger partial charge in [-0.05, 0) is 37.0 Å². The lowest BCUT2D eigenvalue weighted by molar-refractivity contribution is -0.126. The molecule has 0 spiro atoms. The highest BCUT2D eigenvalue weighted by atomic mass is 16.5. The highest BCUT2D eigenvalue weighted by Gasteiger charge is 2.20. The van der Waals surface area contributed by atoms with E-state index >= 15 is 0 Å². The minimum Gasteiger partial charge on any atom is -0.385 e. The van der Waals surface area contributed by atoms with E-state index < -0.39 is 0 Å². The Morgan fingerprint density at radius 3 is 2.46 bits per heavy atom. The Kier molecular flexibility index (Phi) is 7.75. The molecule has 1 saturated carbocycles. The van der Waals surface area contributed by atoms with Crippen LogP contribution in [0.15, 0.2) is 24.3 Å². The number of carbonyl (C=O) groups is 2. The topological polar surface area (TPSA) is 67.4 Å². The normalized spacial score (nSPS) is 15.0. The molecule has 0 unspecified atom stereocenters. The molecule has 2 N–H and O–H groups in total. The van der Waals surface area contributed by atoms with Crippen molar-refractivity contribution in [3.8, 4) is 0 Å². The van der Waals surface area contributed by atoms with E-state index in [1.807, 2.05) is 12.1 Å². The summed E-state index contributed by atoms with van der Waals surface area (Å²) < 4.78 is 4.95. The van der Waals surface area contributed by atoms with Crippen LogP contribution in [-0.2, 0) is 16.1 Å². The molecule has 2 amide bonds. The molecule has 0 radical (unpaired) electrons. The van der Waals surface area contributed by atoms with Gasteiger partial charge in [0.25, 0.3) is 5.91 Å². The van der Waals surface area contributed by atoms with Crippen LogP contribution in [0.2, 0.25) is 0 Å². The SMILES string of the molecule is COCCCNC(=O)c1ccc(CNC(=O)C2CCCCC2)cc1. The molecule has 0 aromatic heterocycles. The predicted molar refractivity (Wildman–Crippen MR) is 93.7 cm³/mol. The number of amides is 2. The molecule has 24 heavy (non-hydrogen) atoms. The van der Waals surface area contributed by atoms with Gasteiger partial charge in [-0.1, -0.05) is 31.4 Å². The van der Waals surface area contributed by atoms with Gasteiger partial charge in [0.1, 0.15) is 0 Å². The van der Waals surface area contributed by atoms with Crippen LogP contribution in [0.4, 0.5) is 0 Å². The van der Waals surface area contributed by atoms with Gasteiger partial charge in [0.15, 0.2) is 0 Å². The van der Waals surface area contributed by atoms with E-state index in [4.69, 9.17) is 4.74 Å². The van der Waals surface area contributed by atoms with Crippen LogP contribution < -0.4 is 10.6 Å². The maximum absolute atomic E-state index is 12.1. The fourth-order valence-corrected chi connectivity index (χ4v) is 2.99. The van der Waals surface area contributed by atoms with E-state index in [1.165, 1.54) is 6.42 Å². The van der Waals surface area contributed by atoms with Crippen molar-refractivity contribution in [2.75, 3.05) is 20.3 Å². The van der Waals surface area contributed by atoms with Crippen molar-refractivity contribution in [2.24, 2.45) is 5.92 Å². The van der Waals surface area contributed by atoms with Crippen LogP contribution in [-0.4, -0.2) is 32.1 Å². The number of benzene rings is 1. The van der Waals surface area contributed by atoms with Crippen molar-refractivity contribution in [2.45, 2.75) is 45.1 Å². The summed E-state index contributed by atoms with van der Waals surface area (Å²) in [6.45, 7) is 1.76. The maximum atomic E-state index is 12.1. The summed E-state index contributed by atoms with van der Waals surface area (Å²) in [5.41, 5.74) is 1.64. The molecule has 5 nitrogen and oxygen atoms in total. The van der Waals surface area contributed by atoms with Crippen molar-refractivity contribution >= 4 is 11.8 Å². The lowest BCUT2D eigenvalue weighted by Gasteiger charge is -2.20. The predicted octanol–water partition coefficient (Wildman–Crippen LogP) is 2.65. The van der Waals surface area contributed by atoms with E-state index in [-0.39, 0.29) is 17.7 Å². The molecule has 1 fully saturated rings. The first kappa shape index (κ1) is 18.5. The maximum Gasteiger partial charge on any atom is 0.251 e. The standard InChI is InChI=1S/C19H28N2O3/c1-24-13-5-12-20-18(22)17-10-8-15(9-11-17)14-21-19(23)16-6-3-2-4-7-16/h8-11,16H,2-7,12-14H2,1H3,(H,20,22)(H,21,23). The zero-order valence-electron chi connectivity index (χ0n) is 14.5. The first-order valence-electron chi connectivity index (χ1n) is 8.84. The van der Waals surface area contributed by atoms with Gasteiger partial charge in [-0.25, -0.2) is 0 Å². The second kappa shape index (κ2) is 10.1. The molecule has 1 aliphatic rings. The summed E-state index contributed by atoms with van der Waals surface area (Å²) in [6.07, 6.45) is 6.38. The van der Waals surface area contributed by atoms with Gasteiger partial charge in [0.2, 0.25) is 5.91 Å². The van der Waals surface area contributed by atoms with Crippen LogP contribution in [0.25, 0.3) is 0 Å². The number of carbonyl (C=O) groups excluding carboxylic acids is 2. The van der Waals surface area contributed by atoms with Crippen molar-refractivity contribution in [3.05, 3.63) is 35.4 Å². The third-order valence-electron chi connectivity index (χ3n) is 4.47. The lowest BCUT2D eigenvalue weighted by Crippen LogP contribution is -2.31. The first-order valence-corrected chi connectivity index (χ1v) is 8.84. The number of rotatable bonds is 8. The number of methoxy groups -OCH3 is 1. The van der Waals surface area contributed by atoms with Crippen LogP contribution in [0.3, 0.4) is 0 Å². The Balaban J connectivity index is 1.74. The summed E-state index contributed by atoms with van der Waals surface area (Å²) in [5.74, 6) is 0.259. The molecule has 1 aliphatic carbocycles. The number of hydrogen-bond donors (Lipinski definition) is 2. The van der Waals surface area contributed by atoms with Crippen molar-refractivity contribution in [1.29, 1.82) is 0 Å². The van der Waals surface area contributed by atoms with E-state index in [1.54, 1.807) is 19.2 Å². The molecule has 0 saturated heterocycles. The van der Waals surface area contributed by atoms with E-state index in [0.717, 1.165) is 37.7 Å². The van der Waals surface area contributed by atoms with Gasteiger partial charge >= 0.3 is 0 Å². The van der Waals surface area contributed by atoms with Gasteiger partial charge in [0.05, 0.1) is 0 Å². The summed E-state index contributed by atoms with van der Waals surface area (Å²) in [6, 6.07) is 7.39. The number of nitrogens with one attached hydrogen (secondary N) is 2. The summed E-state index contributed by atoms with van der Waals surface area (Å²) >= 11 is 0. The lowest BCUT2D eigenvalue weighted by atomic mass is 9.88. The minimum absolute atomic E-state index is 0.0797. The Morgan fingerprint density at radius 1 is 1.08 bits per heavy atom. The van der Waals surface area contributed by atoms with Crippen LogP contribution in [0.1, 0.15) is 54.4 Å². The fraction of sp³-hybridized carbons (Fsp3) is 0.579. The second-order valence-corrected chi connectivity index (χ2v) is 6.35. The summed E-state index contributed by atoms with van der Waals surface area (Å²) in [5, 5.41) is 5.87. The van der Waals surface area contributed by atoms with Crippen LogP contribution >= 0.6 is 0 Å². The molecule has 0 heterocycles. The third-order valence-corrected chi connectivity index (χ3v) is 4.47. The Hall–Kier alpha value is -1.88. The van der Waals surface area contributed by atoms with Gasteiger partial charge < -0.3 is 15.4 Å². The molecule has 5 heteroatoms. The average molecular weight is 332 g/mol. The second-order valence-electron chi connectivity index (χ2n) is 6.35. The molecule has 0 aliphatic heterocycles. The molecule has 2 rings (SSSR count). The molecule has 1 aromatic carbocycles. The van der Waals surface area contributed by atoms with Gasteiger partial charge in [0, 0.05) is 38.3 Å². The minimum atomic E-state index is -0.0797. The molecular formula is C19H28N2O3. The molecular weight excluding hydrogens is 304 g/mol. The summed E-state index contributed by atoms with van der Waals surface area (Å²) in [4.78, 5) is 24.1. The van der Waals surface area contributed by atoms with Gasteiger partial charge in [-0.3, -0.25) is 9.59 Å².